The first-order valence-electron chi connectivity index (χ1n) is 6.09. The molecular weight excluding hydrogens is 388 g/mol. The molecule has 0 N–H and O–H groups in total. The van der Waals surface area contributed by atoms with Gasteiger partial charge in [-0.1, -0.05) is 0 Å². The van der Waals surface area contributed by atoms with Gasteiger partial charge in [0.2, 0.25) is 5.82 Å². The van der Waals surface area contributed by atoms with Crippen molar-refractivity contribution in [3.8, 4) is 17.3 Å². The molecule has 0 atom stereocenters. The van der Waals surface area contributed by atoms with Gasteiger partial charge in [0.15, 0.2) is 23.3 Å². The minimum atomic E-state index is -5.56. The molecule has 0 aliphatic heterocycles. The van der Waals surface area contributed by atoms with Crippen molar-refractivity contribution in [1.82, 2.24) is 9.97 Å². The summed E-state index contributed by atoms with van der Waals surface area (Å²) in [7, 11) is 0. The van der Waals surface area contributed by atoms with E-state index in [0.29, 0.717) is 0 Å². The van der Waals surface area contributed by atoms with Gasteiger partial charge in [0.25, 0.3) is 0 Å². The maximum Gasteiger partial charge on any atom is 0.451 e. The number of rotatable bonds is 1. The second-order valence-electron chi connectivity index (χ2n) is 4.58. The van der Waals surface area contributed by atoms with Crippen LogP contribution in [0.15, 0.2) is 6.07 Å². The zero-order valence-electron chi connectivity index (χ0n) is 11.7. The molecule has 0 bridgehead atoms. The number of aromatic nitrogens is 2. The summed E-state index contributed by atoms with van der Waals surface area (Å²) in [6, 6.07) is 0.455. The number of halogens is 10. The fraction of sp³-hybridized carbons (Fsp3) is 0.154. The molecule has 0 spiro atoms. The molecular formula is C13HF10N3. The lowest BCUT2D eigenvalue weighted by Crippen LogP contribution is -2.18. The Hall–Kier alpha value is -2.91. The Morgan fingerprint density at radius 2 is 1.27 bits per heavy atom. The molecule has 1 aromatic heterocycles. The predicted molar refractivity (Wildman–Crippen MR) is 62.0 cm³/mol. The molecule has 2 rings (SSSR count). The van der Waals surface area contributed by atoms with E-state index < -0.39 is 64.0 Å². The summed E-state index contributed by atoms with van der Waals surface area (Å²) < 4.78 is 131. The summed E-state index contributed by atoms with van der Waals surface area (Å²) in [5, 5.41) is 8.42. The second-order valence-corrected chi connectivity index (χ2v) is 4.58. The smallest absolute Gasteiger partial charge is 0.224 e. The van der Waals surface area contributed by atoms with E-state index in [0.717, 1.165) is 6.07 Å². The highest BCUT2D eigenvalue weighted by molar-refractivity contribution is 5.63. The van der Waals surface area contributed by atoms with Crippen LogP contribution in [0, 0.1) is 34.6 Å². The summed E-state index contributed by atoms with van der Waals surface area (Å²) in [5.74, 6) is -11.8. The van der Waals surface area contributed by atoms with E-state index in [9.17, 15) is 43.9 Å². The average Bonchev–Trinajstić information content (AvgIpc) is 2.52. The molecule has 0 aliphatic carbocycles. The number of alkyl halides is 6. The largest absolute Gasteiger partial charge is 0.451 e. The predicted octanol–water partition coefficient (Wildman–Crippen LogP) is 4.61. The van der Waals surface area contributed by atoms with E-state index >= 15 is 0 Å². The summed E-state index contributed by atoms with van der Waals surface area (Å²) in [6.45, 7) is 0. The standard InChI is InChI=1S/C13HF10N3/c14-7-3(2-24)8(15)10(17)6(9(7)16)4-1-5(12(18,19)20)26-11(25-4)13(21,22)23/h1H. The first kappa shape index (κ1) is 19.4. The lowest BCUT2D eigenvalue weighted by molar-refractivity contribution is -0.152. The molecule has 26 heavy (non-hydrogen) atoms. The Balaban J connectivity index is 2.92. The maximum atomic E-state index is 13.9. The normalized spacial score (nSPS) is 12.2. The van der Waals surface area contributed by atoms with Gasteiger partial charge in [-0.3, -0.25) is 0 Å². The molecule has 0 saturated heterocycles. The van der Waals surface area contributed by atoms with Crippen molar-refractivity contribution in [3.05, 3.63) is 46.4 Å². The van der Waals surface area contributed by atoms with E-state index in [-0.39, 0.29) is 6.07 Å². The Morgan fingerprint density at radius 3 is 1.65 bits per heavy atom. The van der Waals surface area contributed by atoms with Crippen molar-refractivity contribution in [3.63, 3.8) is 0 Å². The van der Waals surface area contributed by atoms with Crippen LogP contribution in [-0.4, -0.2) is 9.97 Å². The fourth-order valence-corrected chi connectivity index (χ4v) is 1.80. The molecule has 0 unspecified atom stereocenters. The van der Waals surface area contributed by atoms with Crippen molar-refractivity contribution in [1.29, 1.82) is 5.26 Å². The van der Waals surface area contributed by atoms with Gasteiger partial charge >= 0.3 is 12.4 Å². The monoisotopic (exact) mass is 389 g/mol. The third kappa shape index (κ3) is 3.26. The Morgan fingerprint density at radius 1 is 0.769 bits per heavy atom. The summed E-state index contributed by atoms with van der Waals surface area (Å²) in [4.78, 5) is 4.71. The average molecular weight is 389 g/mol. The highest BCUT2D eigenvalue weighted by Gasteiger charge is 2.41. The van der Waals surface area contributed by atoms with Crippen LogP contribution >= 0.6 is 0 Å². The number of hydrogen-bond acceptors (Lipinski definition) is 3. The van der Waals surface area contributed by atoms with Gasteiger partial charge in [-0.05, 0) is 6.07 Å². The number of hydrogen-bond donors (Lipinski definition) is 0. The molecule has 13 heteroatoms. The Labute approximate surface area is 136 Å². The van der Waals surface area contributed by atoms with E-state index in [2.05, 4.69) is 9.97 Å². The second kappa shape index (κ2) is 6.11. The third-order valence-electron chi connectivity index (χ3n) is 2.90. The van der Waals surface area contributed by atoms with Crippen LogP contribution in [-0.2, 0) is 12.4 Å². The molecule has 0 radical (unpaired) electrons. The van der Waals surface area contributed by atoms with Gasteiger partial charge in [-0.15, -0.1) is 0 Å². The SMILES string of the molecule is N#Cc1c(F)c(F)c(-c2cc(C(F)(F)F)nc(C(F)(F)F)n2)c(F)c1F. The first-order chi connectivity index (χ1) is 11.8. The molecule has 3 nitrogen and oxygen atoms in total. The van der Waals surface area contributed by atoms with E-state index in [1.165, 1.54) is 0 Å². The van der Waals surface area contributed by atoms with Gasteiger partial charge in [0.05, 0.1) is 11.3 Å². The molecule has 0 saturated carbocycles. The molecule has 0 amide bonds. The lowest BCUT2D eigenvalue weighted by atomic mass is 10.0. The molecule has 0 fully saturated rings. The molecule has 138 valence electrons. The Bertz CT molecular complexity index is 862. The van der Waals surface area contributed by atoms with Crippen molar-refractivity contribution < 1.29 is 43.9 Å². The van der Waals surface area contributed by atoms with Crippen LogP contribution in [0.1, 0.15) is 17.1 Å². The maximum absolute atomic E-state index is 13.9. The minimum Gasteiger partial charge on any atom is -0.224 e. The molecule has 2 aromatic rings. The van der Waals surface area contributed by atoms with Crippen molar-refractivity contribution >= 4 is 0 Å². The Kier molecular flexibility index (Phi) is 4.57. The van der Waals surface area contributed by atoms with Crippen LogP contribution in [0.5, 0.6) is 0 Å². The van der Waals surface area contributed by atoms with Crippen LogP contribution in [0.2, 0.25) is 0 Å². The topological polar surface area (TPSA) is 49.6 Å². The van der Waals surface area contributed by atoms with Gasteiger partial charge in [0, 0.05) is 0 Å². The van der Waals surface area contributed by atoms with Gasteiger partial charge in [-0.25, -0.2) is 27.5 Å². The van der Waals surface area contributed by atoms with Crippen LogP contribution in [0.25, 0.3) is 11.3 Å². The number of nitrogens with zero attached hydrogens (tertiary/aromatic N) is 3. The first-order valence-corrected chi connectivity index (χ1v) is 6.09. The highest BCUT2D eigenvalue weighted by Crippen LogP contribution is 2.37. The quantitative estimate of drug-likeness (QED) is 0.529. The fourth-order valence-electron chi connectivity index (χ4n) is 1.80. The summed E-state index contributed by atoms with van der Waals surface area (Å²) >= 11 is 0. The van der Waals surface area contributed by atoms with Crippen LogP contribution in [0.4, 0.5) is 43.9 Å². The van der Waals surface area contributed by atoms with E-state index in [1.54, 1.807) is 0 Å². The van der Waals surface area contributed by atoms with Crippen molar-refractivity contribution in [2.75, 3.05) is 0 Å². The number of nitriles is 1. The van der Waals surface area contributed by atoms with Crippen molar-refractivity contribution in [2.45, 2.75) is 12.4 Å². The highest BCUT2D eigenvalue weighted by atomic mass is 19.4. The van der Waals surface area contributed by atoms with Crippen LogP contribution in [0.3, 0.4) is 0 Å². The summed E-state index contributed by atoms with van der Waals surface area (Å²) in [6.07, 6.45) is -11.1. The van der Waals surface area contributed by atoms with Gasteiger partial charge < -0.3 is 0 Å². The van der Waals surface area contributed by atoms with Gasteiger partial charge in [-0.2, -0.15) is 31.6 Å². The zero-order valence-corrected chi connectivity index (χ0v) is 11.7. The van der Waals surface area contributed by atoms with Crippen LogP contribution < -0.4 is 0 Å². The molecule has 1 heterocycles. The minimum absolute atomic E-state index is 0.318. The van der Waals surface area contributed by atoms with E-state index in [1.807, 2.05) is 0 Å². The summed E-state index contributed by atoms with van der Waals surface area (Å²) in [5.41, 5.74) is -7.65. The van der Waals surface area contributed by atoms with E-state index in [4.69, 9.17) is 5.26 Å². The third-order valence-corrected chi connectivity index (χ3v) is 2.90. The van der Waals surface area contributed by atoms with Crippen molar-refractivity contribution in [2.24, 2.45) is 0 Å². The zero-order chi connectivity index (χ0) is 20.0. The number of benzene rings is 1. The van der Waals surface area contributed by atoms with Gasteiger partial charge in [0.1, 0.15) is 17.3 Å². The molecule has 0 aliphatic rings. The lowest BCUT2D eigenvalue weighted by Gasteiger charge is -2.13. The molecule has 1 aromatic carbocycles.